The predicted octanol–water partition coefficient (Wildman–Crippen LogP) is 1.75. The Morgan fingerprint density at radius 3 is 2.93 bits per heavy atom. The second kappa shape index (κ2) is 7.41. The summed E-state index contributed by atoms with van der Waals surface area (Å²) in [7, 11) is 1.56. The van der Waals surface area contributed by atoms with Gasteiger partial charge in [0.15, 0.2) is 16.4 Å². The van der Waals surface area contributed by atoms with E-state index in [-0.39, 0.29) is 12.5 Å². The molecule has 5 rings (SSSR count). The molecule has 0 spiro atoms. The Bertz CT molecular complexity index is 1300. The van der Waals surface area contributed by atoms with Gasteiger partial charge in [-0.2, -0.15) is 4.98 Å². The highest BCUT2D eigenvalue weighted by Gasteiger charge is 2.20. The minimum Gasteiger partial charge on any atom is -0.497 e. The van der Waals surface area contributed by atoms with Crippen LogP contribution in [0.25, 0.3) is 16.0 Å². The number of nitrogens with zero attached hydrogens (tertiary/aromatic N) is 6. The molecule has 4 aromatic rings. The number of carbonyl (C=O) groups is 1. The van der Waals surface area contributed by atoms with Gasteiger partial charge in [-0.15, -0.1) is 5.10 Å². The van der Waals surface area contributed by atoms with Crippen molar-refractivity contribution in [3.8, 4) is 5.75 Å². The highest BCUT2D eigenvalue weighted by Crippen LogP contribution is 2.31. The summed E-state index contributed by atoms with van der Waals surface area (Å²) in [6.07, 6.45) is 3.71. The van der Waals surface area contributed by atoms with Gasteiger partial charge < -0.3 is 15.0 Å². The standard InChI is InChI=1S/C19H19N7O3S/c1-29-13-6-4-5-12(9-13)21-14(27)10-26-19(28)25-11-20-16-15(17(25)23-26)30-18(22-16)24-7-2-3-8-24/h4-6,9,11H,2-3,7-8,10H2,1H3,(H,21,27). The zero-order valence-electron chi connectivity index (χ0n) is 16.2. The second-order valence-electron chi connectivity index (χ2n) is 7.00. The van der Waals surface area contributed by atoms with Gasteiger partial charge in [-0.05, 0) is 25.0 Å². The molecule has 1 N–H and O–H groups in total. The van der Waals surface area contributed by atoms with Crippen LogP contribution in [0.4, 0.5) is 10.8 Å². The zero-order valence-corrected chi connectivity index (χ0v) is 17.1. The van der Waals surface area contributed by atoms with Crippen LogP contribution in [-0.4, -0.2) is 50.3 Å². The van der Waals surface area contributed by atoms with E-state index in [1.807, 2.05) is 0 Å². The van der Waals surface area contributed by atoms with Crippen molar-refractivity contribution in [3.63, 3.8) is 0 Å². The zero-order chi connectivity index (χ0) is 20.7. The number of hydrogen-bond donors (Lipinski definition) is 1. The summed E-state index contributed by atoms with van der Waals surface area (Å²) in [5.74, 6) is 0.269. The molecule has 10 nitrogen and oxygen atoms in total. The molecule has 1 aliphatic heterocycles. The van der Waals surface area contributed by atoms with Crippen molar-refractivity contribution in [2.75, 3.05) is 30.4 Å². The smallest absolute Gasteiger partial charge is 0.352 e. The van der Waals surface area contributed by atoms with Gasteiger partial charge in [-0.3, -0.25) is 4.79 Å². The van der Waals surface area contributed by atoms with E-state index < -0.39 is 5.69 Å². The van der Waals surface area contributed by atoms with Gasteiger partial charge in [-0.25, -0.2) is 18.9 Å². The van der Waals surface area contributed by atoms with Gasteiger partial charge in [0.25, 0.3) is 0 Å². The maximum atomic E-state index is 12.7. The fourth-order valence-electron chi connectivity index (χ4n) is 3.51. The number of nitrogens with one attached hydrogen (secondary N) is 1. The van der Waals surface area contributed by atoms with Crippen LogP contribution < -0.4 is 20.6 Å². The van der Waals surface area contributed by atoms with Gasteiger partial charge in [-0.1, -0.05) is 17.4 Å². The summed E-state index contributed by atoms with van der Waals surface area (Å²) < 4.78 is 8.39. The fourth-order valence-corrected chi connectivity index (χ4v) is 4.56. The van der Waals surface area contributed by atoms with Crippen LogP contribution in [0.5, 0.6) is 5.75 Å². The molecule has 1 fully saturated rings. The second-order valence-corrected chi connectivity index (χ2v) is 7.98. The molecule has 0 unspecified atom stereocenters. The lowest BCUT2D eigenvalue weighted by molar-refractivity contribution is -0.117. The van der Waals surface area contributed by atoms with Gasteiger partial charge in [0.1, 0.15) is 23.3 Å². The Kier molecular flexibility index (Phi) is 4.58. The molecule has 4 heterocycles. The monoisotopic (exact) mass is 425 g/mol. The van der Waals surface area contributed by atoms with Gasteiger partial charge in [0.2, 0.25) is 5.91 Å². The maximum absolute atomic E-state index is 12.7. The van der Waals surface area contributed by atoms with Crippen molar-refractivity contribution in [2.45, 2.75) is 19.4 Å². The summed E-state index contributed by atoms with van der Waals surface area (Å²) in [6, 6.07) is 7.01. The van der Waals surface area contributed by atoms with Gasteiger partial charge in [0, 0.05) is 24.8 Å². The molecular formula is C19H19N7O3S. The van der Waals surface area contributed by atoms with E-state index in [0.29, 0.717) is 22.7 Å². The van der Waals surface area contributed by atoms with Crippen LogP contribution in [0, 0.1) is 0 Å². The van der Waals surface area contributed by atoms with Crippen LogP contribution in [0.15, 0.2) is 35.4 Å². The quantitative estimate of drug-likeness (QED) is 0.519. The molecule has 0 bridgehead atoms. The number of amides is 1. The summed E-state index contributed by atoms with van der Waals surface area (Å²) in [6.45, 7) is 1.74. The molecule has 0 radical (unpaired) electrons. The minimum atomic E-state index is -0.420. The number of ether oxygens (including phenoxy) is 1. The molecule has 154 valence electrons. The third kappa shape index (κ3) is 3.26. The molecule has 0 saturated carbocycles. The first-order valence-electron chi connectivity index (χ1n) is 9.56. The third-order valence-electron chi connectivity index (χ3n) is 4.99. The lowest BCUT2D eigenvalue weighted by atomic mass is 10.3. The first-order valence-corrected chi connectivity index (χ1v) is 10.4. The van der Waals surface area contributed by atoms with Crippen molar-refractivity contribution in [3.05, 3.63) is 41.1 Å². The number of methoxy groups -OCH3 is 1. The lowest BCUT2D eigenvalue weighted by Crippen LogP contribution is -2.28. The topological polar surface area (TPSA) is 107 Å². The largest absolute Gasteiger partial charge is 0.497 e. The highest BCUT2D eigenvalue weighted by atomic mass is 32.1. The number of fused-ring (bicyclic) bond motifs is 3. The first-order chi connectivity index (χ1) is 14.6. The minimum absolute atomic E-state index is 0.211. The van der Waals surface area contributed by atoms with E-state index in [2.05, 4.69) is 25.3 Å². The highest BCUT2D eigenvalue weighted by molar-refractivity contribution is 7.22. The summed E-state index contributed by atoms with van der Waals surface area (Å²) >= 11 is 1.47. The van der Waals surface area contributed by atoms with Crippen LogP contribution >= 0.6 is 11.3 Å². The van der Waals surface area contributed by atoms with Crippen molar-refractivity contribution in [2.24, 2.45) is 0 Å². The van der Waals surface area contributed by atoms with E-state index in [9.17, 15) is 9.59 Å². The Morgan fingerprint density at radius 1 is 1.30 bits per heavy atom. The fraction of sp³-hybridized carbons (Fsp3) is 0.316. The summed E-state index contributed by atoms with van der Waals surface area (Å²) in [5.41, 5.74) is 1.18. The van der Waals surface area contributed by atoms with E-state index in [1.54, 1.807) is 31.4 Å². The molecule has 1 aliphatic rings. The lowest BCUT2D eigenvalue weighted by Gasteiger charge is -2.11. The van der Waals surface area contributed by atoms with Gasteiger partial charge >= 0.3 is 5.69 Å². The normalized spacial score (nSPS) is 14.0. The average Bonchev–Trinajstić information content (AvgIpc) is 3.47. The Balaban J connectivity index is 1.44. The number of thiazole rings is 1. The van der Waals surface area contributed by atoms with Crippen LogP contribution in [0.3, 0.4) is 0 Å². The van der Waals surface area contributed by atoms with Crippen molar-refractivity contribution < 1.29 is 9.53 Å². The van der Waals surface area contributed by atoms with Crippen molar-refractivity contribution >= 4 is 44.1 Å². The van der Waals surface area contributed by atoms with Crippen molar-refractivity contribution in [1.82, 2.24) is 24.1 Å². The number of hydrogen-bond acceptors (Lipinski definition) is 8. The van der Waals surface area contributed by atoms with E-state index in [1.165, 1.54) is 22.1 Å². The van der Waals surface area contributed by atoms with Gasteiger partial charge in [0.05, 0.1) is 7.11 Å². The Labute approximate surface area is 174 Å². The molecule has 1 saturated heterocycles. The van der Waals surface area contributed by atoms with E-state index in [4.69, 9.17) is 4.74 Å². The van der Waals surface area contributed by atoms with E-state index >= 15 is 0 Å². The number of rotatable bonds is 5. The molecule has 3 aromatic heterocycles. The number of anilines is 2. The predicted molar refractivity (Wildman–Crippen MR) is 113 cm³/mol. The van der Waals surface area contributed by atoms with Crippen LogP contribution in [-0.2, 0) is 11.3 Å². The molecule has 30 heavy (non-hydrogen) atoms. The third-order valence-corrected chi connectivity index (χ3v) is 6.09. The van der Waals surface area contributed by atoms with Crippen LogP contribution in [0.2, 0.25) is 0 Å². The van der Waals surface area contributed by atoms with Crippen LogP contribution in [0.1, 0.15) is 12.8 Å². The van der Waals surface area contributed by atoms with E-state index in [0.717, 1.165) is 40.4 Å². The molecule has 1 aromatic carbocycles. The summed E-state index contributed by atoms with van der Waals surface area (Å²) in [5, 5.41) is 8.03. The molecule has 1 amide bonds. The molecule has 11 heteroatoms. The number of aromatic nitrogens is 5. The van der Waals surface area contributed by atoms with Crippen molar-refractivity contribution in [1.29, 1.82) is 0 Å². The Morgan fingerprint density at radius 2 is 2.13 bits per heavy atom. The number of benzene rings is 1. The molecule has 0 aliphatic carbocycles. The maximum Gasteiger partial charge on any atom is 0.352 e. The molecular weight excluding hydrogens is 406 g/mol. The average molecular weight is 425 g/mol. The summed E-state index contributed by atoms with van der Waals surface area (Å²) in [4.78, 5) is 36.3. The Hall–Kier alpha value is -3.47. The number of carbonyl (C=O) groups excluding carboxylic acids is 1. The SMILES string of the molecule is COc1cccc(NC(=O)Cn2nc3c4sc(N5CCCC5)nc4ncn3c2=O)c1. The first kappa shape index (κ1) is 18.6. The molecule has 0 atom stereocenters.